The molecule has 1 aliphatic rings. The highest BCUT2D eigenvalue weighted by Gasteiger charge is 2.31. The second-order valence-electron chi connectivity index (χ2n) is 5.65. The maximum Gasteiger partial charge on any atom is 0.0516 e. The van der Waals surface area contributed by atoms with Gasteiger partial charge < -0.3 is 10.2 Å². The van der Waals surface area contributed by atoms with Crippen LogP contribution in [0, 0.1) is 6.92 Å². The van der Waals surface area contributed by atoms with E-state index in [4.69, 9.17) is 0 Å². The van der Waals surface area contributed by atoms with Gasteiger partial charge in [-0.3, -0.25) is 0 Å². The summed E-state index contributed by atoms with van der Waals surface area (Å²) in [4.78, 5) is 2.49. The lowest BCUT2D eigenvalue weighted by Gasteiger charge is -2.45. The highest BCUT2D eigenvalue weighted by atomic mass is 79.9. The number of piperazine rings is 1. The zero-order valence-electron chi connectivity index (χ0n) is 11.0. The molecule has 0 aromatic heterocycles. The van der Waals surface area contributed by atoms with E-state index >= 15 is 0 Å². The molecule has 0 radical (unpaired) electrons. The fourth-order valence-electron chi connectivity index (χ4n) is 2.35. The van der Waals surface area contributed by atoms with Crippen LogP contribution in [-0.4, -0.2) is 24.7 Å². The molecule has 0 saturated carbocycles. The van der Waals surface area contributed by atoms with E-state index < -0.39 is 0 Å². The topological polar surface area (TPSA) is 15.3 Å². The molecule has 1 aromatic rings. The van der Waals surface area contributed by atoms with E-state index in [1.165, 1.54) is 15.7 Å². The molecule has 0 aliphatic carbocycles. The minimum Gasteiger partial charge on any atom is -0.365 e. The Morgan fingerprint density at radius 3 is 2.82 bits per heavy atom. The van der Waals surface area contributed by atoms with E-state index in [1.807, 2.05) is 0 Å². The SMILES string of the molecule is Cc1cccc(N2CC(C)(C)NCC2C)c1Br. The number of anilines is 1. The first-order valence-electron chi connectivity index (χ1n) is 6.17. The second-order valence-corrected chi connectivity index (χ2v) is 6.44. The van der Waals surface area contributed by atoms with Crippen molar-refractivity contribution in [3.8, 4) is 0 Å². The van der Waals surface area contributed by atoms with Gasteiger partial charge in [-0.05, 0) is 55.3 Å². The van der Waals surface area contributed by atoms with Crippen molar-refractivity contribution in [1.29, 1.82) is 0 Å². The standard InChI is InChI=1S/C14H21BrN2/c1-10-6-5-7-12(13(10)15)17-9-14(3,4)16-8-11(17)2/h5-7,11,16H,8-9H2,1-4H3. The van der Waals surface area contributed by atoms with Crippen molar-refractivity contribution in [3.05, 3.63) is 28.2 Å². The van der Waals surface area contributed by atoms with Crippen molar-refractivity contribution in [2.45, 2.75) is 39.3 Å². The minimum absolute atomic E-state index is 0.176. The van der Waals surface area contributed by atoms with Gasteiger partial charge in [-0.25, -0.2) is 0 Å². The molecule has 0 amide bonds. The third-order valence-corrected chi connectivity index (χ3v) is 4.49. The first-order valence-corrected chi connectivity index (χ1v) is 6.97. The number of rotatable bonds is 1. The molecule has 94 valence electrons. The normalized spacial score (nSPS) is 23.8. The van der Waals surface area contributed by atoms with E-state index in [0.29, 0.717) is 6.04 Å². The lowest BCUT2D eigenvalue weighted by molar-refractivity contribution is 0.318. The molecule has 0 bridgehead atoms. The van der Waals surface area contributed by atoms with Crippen LogP contribution in [0.15, 0.2) is 22.7 Å². The highest BCUT2D eigenvalue weighted by Crippen LogP contribution is 2.32. The van der Waals surface area contributed by atoms with Crippen LogP contribution in [0.1, 0.15) is 26.3 Å². The molecule has 1 heterocycles. The molecule has 2 rings (SSSR count). The van der Waals surface area contributed by atoms with Crippen molar-refractivity contribution >= 4 is 21.6 Å². The monoisotopic (exact) mass is 296 g/mol. The average Bonchev–Trinajstić information content (AvgIpc) is 2.26. The minimum atomic E-state index is 0.176. The molecule has 1 aliphatic heterocycles. The van der Waals surface area contributed by atoms with Crippen molar-refractivity contribution in [2.75, 3.05) is 18.0 Å². The largest absolute Gasteiger partial charge is 0.365 e. The van der Waals surface area contributed by atoms with E-state index in [1.54, 1.807) is 0 Å². The smallest absolute Gasteiger partial charge is 0.0516 e. The lowest BCUT2D eigenvalue weighted by Crippen LogP contribution is -2.61. The van der Waals surface area contributed by atoms with Gasteiger partial charge in [0.1, 0.15) is 0 Å². The quantitative estimate of drug-likeness (QED) is 0.855. The van der Waals surface area contributed by atoms with Crippen LogP contribution in [0.3, 0.4) is 0 Å². The third-order valence-electron chi connectivity index (χ3n) is 3.45. The molecule has 1 unspecified atom stereocenters. The van der Waals surface area contributed by atoms with Crippen LogP contribution in [0.25, 0.3) is 0 Å². The number of benzene rings is 1. The van der Waals surface area contributed by atoms with Gasteiger partial charge in [0, 0.05) is 29.1 Å². The summed E-state index contributed by atoms with van der Waals surface area (Å²) >= 11 is 3.72. The van der Waals surface area contributed by atoms with Gasteiger partial charge in [-0.2, -0.15) is 0 Å². The molecule has 2 nitrogen and oxygen atoms in total. The van der Waals surface area contributed by atoms with Gasteiger partial charge in [0.2, 0.25) is 0 Å². The maximum absolute atomic E-state index is 3.72. The van der Waals surface area contributed by atoms with Crippen LogP contribution in [0.2, 0.25) is 0 Å². The third kappa shape index (κ3) is 2.66. The van der Waals surface area contributed by atoms with E-state index in [0.717, 1.165) is 13.1 Å². The molecule has 1 fully saturated rings. The zero-order chi connectivity index (χ0) is 12.6. The van der Waals surface area contributed by atoms with Crippen LogP contribution >= 0.6 is 15.9 Å². The number of hydrogen-bond donors (Lipinski definition) is 1. The predicted octanol–water partition coefficient (Wildman–Crippen LogP) is 3.33. The van der Waals surface area contributed by atoms with Crippen LogP contribution in [0.5, 0.6) is 0 Å². The van der Waals surface area contributed by atoms with Gasteiger partial charge in [-0.15, -0.1) is 0 Å². The molecule has 17 heavy (non-hydrogen) atoms. The van der Waals surface area contributed by atoms with Gasteiger partial charge in [0.15, 0.2) is 0 Å². The van der Waals surface area contributed by atoms with E-state index in [9.17, 15) is 0 Å². The summed E-state index contributed by atoms with van der Waals surface area (Å²) in [7, 11) is 0. The molecular weight excluding hydrogens is 276 g/mol. The Morgan fingerprint density at radius 1 is 1.41 bits per heavy atom. The summed E-state index contributed by atoms with van der Waals surface area (Å²) in [5, 5.41) is 3.58. The Morgan fingerprint density at radius 2 is 2.12 bits per heavy atom. The molecule has 3 heteroatoms. The van der Waals surface area contributed by atoms with Gasteiger partial charge in [-0.1, -0.05) is 12.1 Å². The summed E-state index contributed by atoms with van der Waals surface area (Å²) in [6, 6.07) is 7.01. The van der Waals surface area contributed by atoms with Crippen molar-refractivity contribution in [2.24, 2.45) is 0 Å². The predicted molar refractivity (Wildman–Crippen MR) is 77.8 cm³/mol. The number of hydrogen-bond acceptors (Lipinski definition) is 2. The van der Waals surface area contributed by atoms with E-state index in [-0.39, 0.29) is 5.54 Å². The fraction of sp³-hybridized carbons (Fsp3) is 0.571. The molecule has 1 aromatic carbocycles. The number of nitrogens with one attached hydrogen (secondary N) is 1. The average molecular weight is 297 g/mol. The van der Waals surface area contributed by atoms with Gasteiger partial charge >= 0.3 is 0 Å². The Hall–Kier alpha value is -0.540. The molecule has 1 N–H and O–H groups in total. The van der Waals surface area contributed by atoms with Crippen LogP contribution in [0.4, 0.5) is 5.69 Å². The summed E-state index contributed by atoms with van der Waals surface area (Å²) in [6.07, 6.45) is 0. The molecule has 0 spiro atoms. The van der Waals surface area contributed by atoms with Gasteiger partial charge in [0.05, 0.1) is 5.69 Å². The Kier molecular flexibility index (Phi) is 3.50. The maximum atomic E-state index is 3.72. The fourth-order valence-corrected chi connectivity index (χ4v) is 2.84. The van der Waals surface area contributed by atoms with E-state index in [2.05, 4.69) is 72.0 Å². The first kappa shape index (κ1) is 12.9. The summed E-state index contributed by atoms with van der Waals surface area (Å²) in [5.74, 6) is 0. The number of nitrogens with zero attached hydrogens (tertiary/aromatic N) is 1. The van der Waals surface area contributed by atoms with Crippen molar-refractivity contribution < 1.29 is 0 Å². The first-order chi connectivity index (χ1) is 7.91. The summed E-state index contributed by atoms with van der Waals surface area (Å²) in [6.45, 7) is 11.0. The second kappa shape index (κ2) is 4.62. The number of halogens is 1. The number of aryl methyl sites for hydroxylation is 1. The van der Waals surface area contributed by atoms with Crippen LogP contribution < -0.4 is 10.2 Å². The van der Waals surface area contributed by atoms with Crippen molar-refractivity contribution in [1.82, 2.24) is 5.32 Å². The van der Waals surface area contributed by atoms with Crippen LogP contribution in [-0.2, 0) is 0 Å². The zero-order valence-corrected chi connectivity index (χ0v) is 12.6. The summed E-state index contributed by atoms with van der Waals surface area (Å²) in [5.41, 5.74) is 2.79. The Labute approximate surface area is 113 Å². The molecule has 1 atom stereocenters. The Bertz CT molecular complexity index is 415. The molecule has 1 saturated heterocycles. The lowest BCUT2D eigenvalue weighted by atomic mass is 9.98. The van der Waals surface area contributed by atoms with Crippen molar-refractivity contribution in [3.63, 3.8) is 0 Å². The molecular formula is C14H21BrN2. The Balaban J connectivity index is 2.34. The van der Waals surface area contributed by atoms with Gasteiger partial charge in [0.25, 0.3) is 0 Å². The summed E-state index contributed by atoms with van der Waals surface area (Å²) < 4.78 is 1.23. The highest BCUT2D eigenvalue weighted by molar-refractivity contribution is 9.10.